The molecule has 0 fully saturated rings. The van der Waals surface area contributed by atoms with E-state index in [1.807, 2.05) is 6.92 Å². The highest BCUT2D eigenvalue weighted by Crippen LogP contribution is 1.98. The van der Waals surface area contributed by atoms with Gasteiger partial charge in [-0.05, 0) is 6.92 Å². The smallest absolute Gasteiger partial charge is 0.319 e. The summed E-state index contributed by atoms with van der Waals surface area (Å²) in [4.78, 5) is 15.1. The Morgan fingerprint density at radius 2 is 2.06 bits per heavy atom. The third kappa shape index (κ3) is 5.55. The summed E-state index contributed by atoms with van der Waals surface area (Å²) in [6.45, 7) is 4.04. The largest absolute Gasteiger partial charge is 0.388 e. The number of ether oxygens (including phenoxy) is 1. The summed E-state index contributed by atoms with van der Waals surface area (Å²) >= 11 is 0. The van der Waals surface area contributed by atoms with Crippen LogP contribution in [0.1, 0.15) is 13.3 Å². The Bertz CT molecular complexity index is 233. The highest BCUT2D eigenvalue weighted by Gasteiger charge is 2.16. The summed E-state index contributed by atoms with van der Waals surface area (Å²) in [6, 6.07) is -0.0548. The number of carbonyl (C=O) groups is 1. The third-order valence-corrected chi connectivity index (χ3v) is 2.29. The number of amides is 2. The molecule has 0 aromatic heterocycles. The van der Waals surface area contributed by atoms with Crippen molar-refractivity contribution in [3.63, 3.8) is 0 Å². The Morgan fingerprint density at radius 1 is 1.44 bits per heavy atom. The Kier molecular flexibility index (Phi) is 7.28. The minimum atomic E-state index is -0.0548. The molecule has 6 nitrogen and oxygen atoms in total. The van der Waals surface area contributed by atoms with Crippen molar-refractivity contribution in [1.82, 2.24) is 9.80 Å². The number of amidine groups is 1. The van der Waals surface area contributed by atoms with Crippen LogP contribution >= 0.6 is 0 Å². The molecule has 0 aliphatic rings. The Morgan fingerprint density at radius 3 is 2.50 bits per heavy atom. The van der Waals surface area contributed by atoms with Crippen molar-refractivity contribution in [3.8, 4) is 0 Å². The van der Waals surface area contributed by atoms with Crippen molar-refractivity contribution in [2.75, 3.05) is 40.4 Å². The quantitative estimate of drug-likeness (QED) is 0.488. The van der Waals surface area contributed by atoms with Gasteiger partial charge in [-0.2, -0.15) is 0 Å². The van der Waals surface area contributed by atoms with Gasteiger partial charge in [0.2, 0.25) is 0 Å². The SMILES string of the molecule is CCN(C)C(=O)N(CCOC)CCC(=N)N. The van der Waals surface area contributed by atoms with E-state index in [0.717, 1.165) is 0 Å². The van der Waals surface area contributed by atoms with E-state index in [9.17, 15) is 4.79 Å². The summed E-state index contributed by atoms with van der Waals surface area (Å²) in [5.74, 6) is 0.0920. The van der Waals surface area contributed by atoms with Gasteiger partial charge < -0.3 is 20.3 Å². The summed E-state index contributed by atoms with van der Waals surface area (Å²) < 4.78 is 4.95. The zero-order valence-corrected chi connectivity index (χ0v) is 10.3. The van der Waals surface area contributed by atoms with Crippen LogP contribution in [-0.4, -0.2) is 62.1 Å². The molecule has 0 aromatic carbocycles. The van der Waals surface area contributed by atoms with Gasteiger partial charge in [-0.15, -0.1) is 0 Å². The highest BCUT2D eigenvalue weighted by atomic mass is 16.5. The molecule has 0 aliphatic heterocycles. The van der Waals surface area contributed by atoms with E-state index < -0.39 is 0 Å². The van der Waals surface area contributed by atoms with Gasteiger partial charge in [0, 0.05) is 40.2 Å². The van der Waals surface area contributed by atoms with Crippen molar-refractivity contribution < 1.29 is 9.53 Å². The number of hydrogen-bond donors (Lipinski definition) is 2. The van der Waals surface area contributed by atoms with Gasteiger partial charge in [-0.3, -0.25) is 5.41 Å². The van der Waals surface area contributed by atoms with Gasteiger partial charge in [0.15, 0.2) is 0 Å². The molecule has 0 aliphatic carbocycles. The van der Waals surface area contributed by atoms with E-state index in [2.05, 4.69) is 0 Å². The molecule has 0 bridgehead atoms. The highest BCUT2D eigenvalue weighted by molar-refractivity contribution is 5.78. The fourth-order valence-corrected chi connectivity index (χ4v) is 1.14. The molecular formula is C10H22N4O2. The lowest BCUT2D eigenvalue weighted by Crippen LogP contribution is -2.43. The number of nitrogens with two attached hydrogens (primary N) is 1. The first kappa shape index (κ1) is 14.7. The molecule has 0 radical (unpaired) electrons. The maximum Gasteiger partial charge on any atom is 0.319 e. The van der Waals surface area contributed by atoms with Crippen LogP contribution in [0.3, 0.4) is 0 Å². The Labute approximate surface area is 96.8 Å². The normalized spacial score (nSPS) is 9.94. The second-order valence-corrected chi connectivity index (χ2v) is 3.55. The van der Waals surface area contributed by atoms with Crippen molar-refractivity contribution in [2.24, 2.45) is 5.73 Å². The van der Waals surface area contributed by atoms with Crippen LogP contribution in [0.2, 0.25) is 0 Å². The zero-order chi connectivity index (χ0) is 12.6. The van der Waals surface area contributed by atoms with Crippen LogP contribution in [0, 0.1) is 5.41 Å². The van der Waals surface area contributed by atoms with Crippen molar-refractivity contribution in [2.45, 2.75) is 13.3 Å². The van der Waals surface area contributed by atoms with Gasteiger partial charge in [-0.25, -0.2) is 4.79 Å². The number of urea groups is 1. The lowest BCUT2D eigenvalue weighted by atomic mass is 10.3. The number of hydrogen-bond acceptors (Lipinski definition) is 3. The number of nitrogens with one attached hydrogen (secondary N) is 1. The van der Waals surface area contributed by atoms with E-state index in [1.165, 1.54) is 0 Å². The maximum absolute atomic E-state index is 11.9. The number of carbonyl (C=O) groups excluding carboxylic acids is 1. The summed E-state index contributed by atoms with van der Waals surface area (Å²) in [6.07, 6.45) is 0.396. The van der Waals surface area contributed by atoms with E-state index in [0.29, 0.717) is 32.7 Å². The van der Waals surface area contributed by atoms with Gasteiger partial charge in [0.1, 0.15) is 0 Å². The van der Waals surface area contributed by atoms with E-state index in [-0.39, 0.29) is 11.9 Å². The fraction of sp³-hybridized carbons (Fsp3) is 0.800. The molecule has 16 heavy (non-hydrogen) atoms. The average molecular weight is 230 g/mol. The fourth-order valence-electron chi connectivity index (χ4n) is 1.14. The van der Waals surface area contributed by atoms with E-state index >= 15 is 0 Å². The van der Waals surface area contributed by atoms with Crippen LogP contribution < -0.4 is 5.73 Å². The van der Waals surface area contributed by atoms with E-state index in [1.54, 1.807) is 24.0 Å². The molecule has 0 aromatic rings. The standard InChI is InChI=1S/C10H22N4O2/c1-4-13(2)10(15)14(7-8-16-3)6-5-9(11)12/h4-8H2,1-3H3,(H3,11,12). The predicted molar refractivity (Wildman–Crippen MR) is 63.7 cm³/mol. The first-order valence-electron chi connectivity index (χ1n) is 5.34. The molecule has 0 atom stereocenters. The molecule has 0 spiro atoms. The van der Waals surface area contributed by atoms with Crippen molar-refractivity contribution >= 4 is 11.9 Å². The second-order valence-electron chi connectivity index (χ2n) is 3.55. The maximum atomic E-state index is 11.9. The van der Waals surface area contributed by atoms with Crippen LogP contribution in [-0.2, 0) is 4.74 Å². The summed E-state index contributed by atoms with van der Waals surface area (Å²) in [5, 5.41) is 7.15. The molecule has 0 saturated carbocycles. The Balaban J connectivity index is 4.28. The van der Waals surface area contributed by atoms with Crippen LogP contribution in [0.25, 0.3) is 0 Å². The van der Waals surface area contributed by atoms with Gasteiger partial charge >= 0.3 is 6.03 Å². The molecule has 6 heteroatoms. The van der Waals surface area contributed by atoms with Crippen LogP contribution in [0.5, 0.6) is 0 Å². The molecule has 94 valence electrons. The topological polar surface area (TPSA) is 82.7 Å². The Hall–Kier alpha value is -1.30. The molecule has 0 saturated heterocycles. The van der Waals surface area contributed by atoms with Gasteiger partial charge in [0.25, 0.3) is 0 Å². The van der Waals surface area contributed by atoms with Crippen LogP contribution in [0.15, 0.2) is 0 Å². The van der Waals surface area contributed by atoms with Crippen molar-refractivity contribution in [1.29, 1.82) is 5.41 Å². The molecule has 2 amide bonds. The number of rotatable bonds is 7. The molecule has 0 unspecified atom stereocenters. The monoisotopic (exact) mass is 230 g/mol. The van der Waals surface area contributed by atoms with Gasteiger partial charge in [-0.1, -0.05) is 0 Å². The minimum absolute atomic E-state index is 0.0548. The number of methoxy groups -OCH3 is 1. The molecule has 0 rings (SSSR count). The first-order valence-corrected chi connectivity index (χ1v) is 5.34. The number of nitrogens with zero attached hydrogens (tertiary/aromatic N) is 2. The molecule has 3 N–H and O–H groups in total. The molecule has 0 heterocycles. The third-order valence-electron chi connectivity index (χ3n) is 2.29. The average Bonchev–Trinajstić information content (AvgIpc) is 2.27. The van der Waals surface area contributed by atoms with Crippen molar-refractivity contribution in [3.05, 3.63) is 0 Å². The summed E-state index contributed by atoms with van der Waals surface area (Å²) in [7, 11) is 3.34. The van der Waals surface area contributed by atoms with Crippen LogP contribution in [0.4, 0.5) is 4.79 Å². The molecular weight excluding hydrogens is 208 g/mol. The summed E-state index contributed by atoms with van der Waals surface area (Å²) in [5.41, 5.74) is 5.28. The van der Waals surface area contributed by atoms with E-state index in [4.69, 9.17) is 15.9 Å². The predicted octanol–water partition coefficient (Wildman–Crippen LogP) is 0.333. The second kappa shape index (κ2) is 7.92. The van der Waals surface area contributed by atoms with Gasteiger partial charge in [0.05, 0.1) is 12.4 Å². The lowest BCUT2D eigenvalue weighted by Gasteiger charge is -2.27. The minimum Gasteiger partial charge on any atom is -0.388 e. The lowest BCUT2D eigenvalue weighted by molar-refractivity contribution is 0.133. The zero-order valence-electron chi connectivity index (χ0n) is 10.3. The first-order chi connectivity index (χ1) is 7.52.